The SMILES string of the molecule is Cc1ccc(N(Cc2ccc3c(c2)CN(S(=O)(=O)c2ccccc2F)CCO3)C(=O)C(C)C)cc1. The molecule has 0 bridgehead atoms. The Labute approximate surface area is 206 Å². The van der Waals surface area contributed by atoms with Crippen LogP contribution in [0.4, 0.5) is 10.1 Å². The molecule has 35 heavy (non-hydrogen) atoms. The summed E-state index contributed by atoms with van der Waals surface area (Å²) in [6.07, 6.45) is 0. The van der Waals surface area contributed by atoms with Crippen LogP contribution in [0.5, 0.6) is 5.75 Å². The van der Waals surface area contributed by atoms with Gasteiger partial charge in [0.05, 0.1) is 6.54 Å². The Morgan fingerprint density at radius 1 is 1.09 bits per heavy atom. The molecular weight excluding hydrogens is 467 g/mol. The maximum absolute atomic E-state index is 14.3. The lowest BCUT2D eigenvalue weighted by atomic mass is 10.1. The number of carbonyl (C=O) groups excluding carboxylic acids is 1. The van der Waals surface area contributed by atoms with Crippen LogP contribution >= 0.6 is 0 Å². The number of nitrogens with zero attached hydrogens (tertiary/aromatic N) is 2. The van der Waals surface area contributed by atoms with Gasteiger partial charge in [-0.25, -0.2) is 12.8 Å². The average Bonchev–Trinajstić information content (AvgIpc) is 3.05. The quantitative estimate of drug-likeness (QED) is 0.487. The van der Waals surface area contributed by atoms with Gasteiger partial charge < -0.3 is 9.64 Å². The highest BCUT2D eigenvalue weighted by molar-refractivity contribution is 7.89. The summed E-state index contributed by atoms with van der Waals surface area (Å²) in [5, 5.41) is 0. The van der Waals surface area contributed by atoms with Crippen LogP contribution in [0.15, 0.2) is 71.6 Å². The van der Waals surface area contributed by atoms with Gasteiger partial charge in [-0.05, 0) is 48.9 Å². The molecule has 1 amide bonds. The van der Waals surface area contributed by atoms with Crippen molar-refractivity contribution in [3.8, 4) is 5.75 Å². The monoisotopic (exact) mass is 496 g/mol. The van der Waals surface area contributed by atoms with Crippen LogP contribution in [0.25, 0.3) is 0 Å². The summed E-state index contributed by atoms with van der Waals surface area (Å²) in [6, 6.07) is 18.7. The second-order valence-electron chi connectivity index (χ2n) is 8.97. The van der Waals surface area contributed by atoms with Crippen molar-refractivity contribution in [2.45, 2.75) is 38.8 Å². The molecule has 1 aliphatic rings. The van der Waals surface area contributed by atoms with E-state index in [9.17, 15) is 17.6 Å². The molecule has 0 saturated carbocycles. The third kappa shape index (κ3) is 5.39. The lowest BCUT2D eigenvalue weighted by molar-refractivity contribution is -0.121. The molecule has 0 radical (unpaired) electrons. The molecule has 0 aromatic heterocycles. The number of fused-ring (bicyclic) bond motifs is 1. The van der Waals surface area contributed by atoms with E-state index >= 15 is 0 Å². The average molecular weight is 497 g/mol. The first-order valence-corrected chi connectivity index (χ1v) is 13.0. The first kappa shape index (κ1) is 24.9. The summed E-state index contributed by atoms with van der Waals surface area (Å²) in [5.74, 6) is -0.407. The van der Waals surface area contributed by atoms with Crippen LogP contribution in [0.2, 0.25) is 0 Å². The van der Waals surface area contributed by atoms with Gasteiger partial charge in [0.25, 0.3) is 0 Å². The number of amides is 1. The van der Waals surface area contributed by atoms with Crippen molar-refractivity contribution in [2.75, 3.05) is 18.1 Å². The van der Waals surface area contributed by atoms with Crippen LogP contribution in [0, 0.1) is 18.7 Å². The van der Waals surface area contributed by atoms with Crippen LogP contribution in [0.1, 0.15) is 30.5 Å². The van der Waals surface area contributed by atoms with Gasteiger partial charge in [-0.3, -0.25) is 4.79 Å². The minimum atomic E-state index is -4.05. The fourth-order valence-electron chi connectivity index (χ4n) is 4.04. The van der Waals surface area contributed by atoms with Gasteiger partial charge in [0, 0.05) is 30.3 Å². The predicted octanol–water partition coefficient (Wildman–Crippen LogP) is 4.91. The molecule has 184 valence electrons. The highest BCUT2D eigenvalue weighted by Gasteiger charge is 2.30. The number of ether oxygens (including phenoxy) is 1. The number of aryl methyl sites for hydroxylation is 1. The van der Waals surface area contributed by atoms with E-state index in [-0.39, 0.29) is 36.4 Å². The Morgan fingerprint density at radius 2 is 1.80 bits per heavy atom. The lowest BCUT2D eigenvalue weighted by Gasteiger charge is -2.25. The topological polar surface area (TPSA) is 66.9 Å². The third-order valence-corrected chi connectivity index (χ3v) is 7.85. The highest BCUT2D eigenvalue weighted by atomic mass is 32.2. The molecule has 1 aliphatic heterocycles. The number of sulfonamides is 1. The van der Waals surface area contributed by atoms with Gasteiger partial charge >= 0.3 is 0 Å². The standard InChI is InChI=1S/C27H29FN2O4S/c1-19(2)27(31)30(23-11-8-20(3)9-12-23)17-21-10-13-25-22(16-21)18-29(14-15-34-25)35(32,33)26-7-5-4-6-24(26)28/h4-13,16,19H,14-15,17-18H2,1-3H3. The predicted molar refractivity (Wildman–Crippen MR) is 133 cm³/mol. The van der Waals surface area contributed by atoms with Crippen molar-refractivity contribution < 1.29 is 22.3 Å². The number of anilines is 1. The third-order valence-electron chi connectivity index (χ3n) is 5.97. The van der Waals surface area contributed by atoms with Crippen LogP contribution in [0.3, 0.4) is 0 Å². The number of rotatable bonds is 6. The molecule has 0 spiro atoms. The van der Waals surface area contributed by atoms with Crippen LogP contribution in [-0.4, -0.2) is 31.8 Å². The molecule has 3 aromatic rings. The Kier molecular flexibility index (Phi) is 7.23. The molecule has 8 heteroatoms. The number of carbonyl (C=O) groups is 1. The number of halogens is 1. The first-order valence-electron chi connectivity index (χ1n) is 11.5. The zero-order valence-corrected chi connectivity index (χ0v) is 20.9. The summed E-state index contributed by atoms with van der Waals surface area (Å²) >= 11 is 0. The Bertz CT molecular complexity index is 1320. The maximum Gasteiger partial charge on any atom is 0.246 e. The van der Waals surface area contributed by atoms with Gasteiger partial charge in [-0.15, -0.1) is 0 Å². The normalized spacial score (nSPS) is 14.2. The van der Waals surface area contributed by atoms with E-state index in [1.54, 1.807) is 11.0 Å². The minimum absolute atomic E-state index is 0.0104. The van der Waals surface area contributed by atoms with E-state index in [1.165, 1.54) is 22.5 Å². The molecule has 3 aromatic carbocycles. The number of hydrogen-bond acceptors (Lipinski definition) is 4. The van der Waals surface area contributed by atoms with Gasteiger partial charge in [0.2, 0.25) is 15.9 Å². The molecule has 0 saturated heterocycles. The molecule has 0 aliphatic carbocycles. The summed E-state index contributed by atoms with van der Waals surface area (Å²) < 4.78 is 47.7. The summed E-state index contributed by atoms with van der Waals surface area (Å²) in [5.41, 5.74) is 3.40. The second kappa shape index (κ2) is 10.2. The molecule has 1 heterocycles. The highest BCUT2D eigenvalue weighted by Crippen LogP contribution is 2.30. The van der Waals surface area contributed by atoms with Gasteiger partial charge in [-0.2, -0.15) is 4.31 Å². The van der Waals surface area contributed by atoms with Crippen molar-refractivity contribution in [3.05, 3.63) is 89.2 Å². The summed E-state index contributed by atoms with van der Waals surface area (Å²) in [7, 11) is -4.05. The smallest absolute Gasteiger partial charge is 0.246 e. The maximum atomic E-state index is 14.3. The lowest BCUT2D eigenvalue weighted by Crippen LogP contribution is -2.34. The largest absolute Gasteiger partial charge is 0.492 e. The minimum Gasteiger partial charge on any atom is -0.492 e. The number of benzene rings is 3. The summed E-state index contributed by atoms with van der Waals surface area (Å²) in [6.45, 7) is 6.34. The zero-order valence-electron chi connectivity index (χ0n) is 20.1. The van der Waals surface area contributed by atoms with E-state index in [2.05, 4.69) is 0 Å². The first-order chi connectivity index (χ1) is 16.7. The van der Waals surface area contributed by atoms with Gasteiger partial charge in [0.1, 0.15) is 23.1 Å². The zero-order chi connectivity index (χ0) is 25.2. The van der Waals surface area contributed by atoms with E-state index in [1.807, 2.05) is 57.2 Å². The van der Waals surface area contributed by atoms with E-state index in [4.69, 9.17) is 4.74 Å². The fraction of sp³-hybridized carbons (Fsp3) is 0.296. The van der Waals surface area contributed by atoms with Crippen molar-refractivity contribution >= 4 is 21.6 Å². The number of hydrogen-bond donors (Lipinski definition) is 0. The molecule has 0 unspecified atom stereocenters. The van der Waals surface area contributed by atoms with Gasteiger partial charge in [-0.1, -0.05) is 49.7 Å². The fourth-order valence-corrected chi connectivity index (χ4v) is 5.50. The van der Waals surface area contributed by atoms with E-state index < -0.39 is 15.8 Å². The Hall–Kier alpha value is -3.23. The van der Waals surface area contributed by atoms with Crippen LogP contribution < -0.4 is 9.64 Å². The molecule has 4 rings (SSSR count). The van der Waals surface area contributed by atoms with Crippen molar-refractivity contribution in [1.29, 1.82) is 0 Å². The molecule has 6 nitrogen and oxygen atoms in total. The van der Waals surface area contributed by atoms with Gasteiger partial charge in [0.15, 0.2) is 0 Å². The Morgan fingerprint density at radius 3 is 2.49 bits per heavy atom. The van der Waals surface area contributed by atoms with Crippen molar-refractivity contribution in [3.63, 3.8) is 0 Å². The van der Waals surface area contributed by atoms with Crippen molar-refractivity contribution in [2.24, 2.45) is 5.92 Å². The van der Waals surface area contributed by atoms with Crippen LogP contribution in [-0.2, 0) is 27.9 Å². The molecular formula is C27H29FN2O4S. The molecule has 0 atom stereocenters. The van der Waals surface area contributed by atoms with E-state index in [0.717, 1.165) is 22.9 Å². The van der Waals surface area contributed by atoms with Crippen molar-refractivity contribution in [1.82, 2.24) is 4.31 Å². The second-order valence-corrected chi connectivity index (χ2v) is 10.9. The molecule has 0 fully saturated rings. The Balaban J connectivity index is 1.64. The molecule has 0 N–H and O–H groups in total. The summed E-state index contributed by atoms with van der Waals surface area (Å²) in [4.78, 5) is 14.4. The van der Waals surface area contributed by atoms with E-state index in [0.29, 0.717) is 17.9 Å².